The lowest BCUT2D eigenvalue weighted by atomic mass is 10.0. The molecule has 1 N–H and O–H groups in total. The molecule has 3 aromatic rings. The van der Waals surface area contributed by atoms with Gasteiger partial charge in [0.05, 0.1) is 16.8 Å². The van der Waals surface area contributed by atoms with Gasteiger partial charge in [0, 0.05) is 28.8 Å². The van der Waals surface area contributed by atoms with Crippen molar-refractivity contribution in [3.05, 3.63) is 59.0 Å². The molecular weight excluding hydrogens is 351 g/mol. The topological polar surface area (TPSA) is 77.5 Å². The predicted octanol–water partition coefficient (Wildman–Crippen LogP) is 3.87. The summed E-state index contributed by atoms with van der Waals surface area (Å²) in [6.45, 7) is 3.19. The van der Waals surface area contributed by atoms with Crippen LogP contribution in [0.25, 0.3) is 10.9 Å². The zero-order chi connectivity index (χ0) is 19.1. The van der Waals surface area contributed by atoms with Crippen LogP contribution in [0.5, 0.6) is 11.5 Å². The van der Waals surface area contributed by atoms with Gasteiger partial charge in [0.1, 0.15) is 5.82 Å². The molecular formula is C20H15FN2O4. The first-order valence-corrected chi connectivity index (χ1v) is 8.25. The fourth-order valence-corrected chi connectivity index (χ4v) is 3.05. The quantitative estimate of drug-likeness (QED) is 0.712. The third-order valence-electron chi connectivity index (χ3n) is 4.28. The number of aryl methyl sites for hydroxylation is 1. The molecule has 0 aliphatic carbocycles. The highest BCUT2D eigenvalue weighted by molar-refractivity contribution is 6.14. The number of Topliss-reactive ketones (excluding diaryl/α,β-unsaturated/α-hetero) is 1. The molecule has 1 amide bonds. The summed E-state index contributed by atoms with van der Waals surface area (Å²) in [5.74, 6) is -0.173. The summed E-state index contributed by atoms with van der Waals surface area (Å²) in [5.41, 5.74) is 1.94. The Hall–Kier alpha value is -3.48. The van der Waals surface area contributed by atoms with E-state index in [1.807, 2.05) is 0 Å². The maximum Gasteiger partial charge on any atom is 0.256 e. The van der Waals surface area contributed by atoms with Crippen LogP contribution >= 0.6 is 0 Å². The smallest absolute Gasteiger partial charge is 0.256 e. The second-order valence-corrected chi connectivity index (χ2v) is 6.23. The van der Waals surface area contributed by atoms with Crippen molar-refractivity contribution in [3.8, 4) is 11.5 Å². The second kappa shape index (κ2) is 6.35. The van der Waals surface area contributed by atoms with Gasteiger partial charge in [0.15, 0.2) is 17.3 Å². The number of nitrogens with one attached hydrogen (secondary N) is 1. The van der Waals surface area contributed by atoms with Crippen LogP contribution < -0.4 is 14.8 Å². The molecule has 0 atom stereocenters. The largest absolute Gasteiger partial charge is 0.454 e. The zero-order valence-electron chi connectivity index (χ0n) is 14.6. The number of carbonyl (C=O) groups is 2. The molecule has 2 heterocycles. The van der Waals surface area contributed by atoms with Gasteiger partial charge >= 0.3 is 0 Å². The van der Waals surface area contributed by atoms with Gasteiger partial charge in [-0.2, -0.15) is 0 Å². The second-order valence-electron chi connectivity index (χ2n) is 6.23. The van der Waals surface area contributed by atoms with Gasteiger partial charge in [0.2, 0.25) is 6.79 Å². The van der Waals surface area contributed by atoms with E-state index in [1.54, 1.807) is 25.1 Å². The number of benzene rings is 2. The number of halogens is 1. The number of pyridine rings is 1. The zero-order valence-corrected chi connectivity index (χ0v) is 14.6. The van der Waals surface area contributed by atoms with E-state index in [2.05, 4.69) is 10.3 Å². The summed E-state index contributed by atoms with van der Waals surface area (Å²) in [6.07, 6.45) is 0. The molecule has 0 radical (unpaired) electrons. The number of hydrogen-bond acceptors (Lipinski definition) is 5. The molecule has 4 rings (SSSR count). The van der Waals surface area contributed by atoms with E-state index >= 15 is 0 Å². The molecule has 2 aromatic carbocycles. The van der Waals surface area contributed by atoms with Crippen molar-refractivity contribution in [1.29, 1.82) is 0 Å². The van der Waals surface area contributed by atoms with Crippen LogP contribution in [-0.2, 0) is 0 Å². The maximum absolute atomic E-state index is 13.5. The van der Waals surface area contributed by atoms with Crippen molar-refractivity contribution in [2.75, 3.05) is 12.1 Å². The molecule has 0 bridgehead atoms. The first kappa shape index (κ1) is 17.0. The number of rotatable bonds is 3. The molecule has 27 heavy (non-hydrogen) atoms. The molecule has 1 aliphatic heterocycles. The fourth-order valence-electron chi connectivity index (χ4n) is 3.05. The van der Waals surface area contributed by atoms with Crippen molar-refractivity contribution < 1.29 is 23.5 Å². The Morgan fingerprint density at radius 1 is 1.07 bits per heavy atom. The highest BCUT2D eigenvalue weighted by Crippen LogP contribution is 2.37. The van der Waals surface area contributed by atoms with Crippen LogP contribution in [0.4, 0.5) is 10.1 Å². The number of nitrogens with zero attached hydrogens (tertiary/aromatic N) is 1. The lowest BCUT2D eigenvalue weighted by Crippen LogP contribution is -2.15. The third kappa shape index (κ3) is 3.08. The molecule has 7 heteroatoms. The number of anilines is 1. The first-order chi connectivity index (χ1) is 12.9. The van der Waals surface area contributed by atoms with Crippen molar-refractivity contribution in [2.45, 2.75) is 13.8 Å². The Bertz CT molecular complexity index is 1110. The van der Waals surface area contributed by atoms with Crippen molar-refractivity contribution in [2.24, 2.45) is 0 Å². The predicted molar refractivity (Wildman–Crippen MR) is 97.0 cm³/mol. The van der Waals surface area contributed by atoms with Gasteiger partial charge in [-0.05, 0) is 38.1 Å². The van der Waals surface area contributed by atoms with E-state index in [0.29, 0.717) is 44.9 Å². The SMILES string of the molecule is CC(=O)c1cc2c(cc1NC(=O)c1cc(C)nc3cc(F)ccc13)OCO2. The Balaban J connectivity index is 1.77. The molecule has 0 saturated heterocycles. The molecule has 0 saturated carbocycles. The summed E-state index contributed by atoms with van der Waals surface area (Å²) >= 11 is 0. The minimum absolute atomic E-state index is 0.0594. The van der Waals surface area contributed by atoms with Crippen molar-refractivity contribution in [3.63, 3.8) is 0 Å². The fraction of sp³-hybridized carbons (Fsp3) is 0.150. The number of aromatic nitrogens is 1. The van der Waals surface area contributed by atoms with Gasteiger partial charge in [-0.15, -0.1) is 0 Å². The van der Waals surface area contributed by atoms with Crippen LogP contribution in [0.15, 0.2) is 36.4 Å². The van der Waals surface area contributed by atoms with Gasteiger partial charge in [-0.1, -0.05) is 0 Å². The van der Waals surface area contributed by atoms with Crippen molar-refractivity contribution in [1.82, 2.24) is 4.98 Å². The van der Waals surface area contributed by atoms with Crippen molar-refractivity contribution >= 4 is 28.3 Å². The van der Waals surface area contributed by atoms with Gasteiger partial charge < -0.3 is 14.8 Å². The van der Waals surface area contributed by atoms with Gasteiger partial charge in [-0.25, -0.2) is 4.39 Å². The third-order valence-corrected chi connectivity index (χ3v) is 4.28. The summed E-state index contributed by atoms with van der Waals surface area (Å²) < 4.78 is 24.1. The monoisotopic (exact) mass is 366 g/mol. The standard InChI is InChI=1S/C20H15FN2O4/c1-10-5-15(13-4-3-12(21)6-16(13)22-10)20(25)23-17-8-19-18(26-9-27-19)7-14(17)11(2)24/h3-8H,9H2,1-2H3,(H,23,25). The first-order valence-electron chi connectivity index (χ1n) is 8.25. The van der Waals surface area contributed by atoms with E-state index in [-0.39, 0.29) is 12.6 Å². The number of ketones is 1. The number of hydrogen-bond donors (Lipinski definition) is 1. The van der Waals surface area contributed by atoms with Crippen LogP contribution in [0, 0.1) is 12.7 Å². The molecule has 0 fully saturated rings. The van der Waals surface area contributed by atoms with E-state index in [0.717, 1.165) is 0 Å². The normalized spacial score (nSPS) is 12.3. The lowest BCUT2D eigenvalue weighted by molar-refractivity contribution is 0.101. The Morgan fingerprint density at radius 2 is 1.81 bits per heavy atom. The lowest BCUT2D eigenvalue weighted by Gasteiger charge is -2.12. The number of ether oxygens (including phenoxy) is 2. The molecule has 1 aliphatic rings. The number of carbonyl (C=O) groups excluding carboxylic acids is 2. The van der Waals surface area contributed by atoms with E-state index in [4.69, 9.17) is 9.47 Å². The van der Waals surface area contributed by atoms with Gasteiger partial charge in [-0.3, -0.25) is 14.6 Å². The minimum atomic E-state index is -0.432. The molecule has 1 aromatic heterocycles. The minimum Gasteiger partial charge on any atom is -0.454 e. The summed E-state index contributed by atoms with van der Waals surface area (Å²) in [6, 6.07) is 8.80. The highest BCUT2D eigenvalue weighted by atomic mass is 19.1. The maximum atomic E-state index is 13.5. The average Bonchev–Trinajstić information content (AvgIpc) is 3.07. The van der Waals surface area contributed by atoms with E-state index in [1.165, 1.54) is 25.1 Å². The van der Waals surface area contributed by atoms with Crippen LogP contribution in [0.3, 0.4) is 0 Å². The summed E-state index contributed by atoms with van der Waals surface area (Å²) in [4.78, 5) is 29.2. The summed E-state index contributed by atoms with van der Waals surface area (Å²) in [5, 5.41) is 3.27. The molecule has 0 unspecified atom stereocenters. The molecule has 6 nitrogen and oxygen atoms in total. The number of fused-ring (bicyclic) bond motifs is 2. The van der Waals surface area contributed by atoms with Gasteiger partial charge in [0.25, 0.3) is 5.91 Å². The molecule has 136 valence electrons. The average molecular weight is 366 g/mol. The molecule has 0 spiro atoms. The summed E-state index contributed by atoms with van der Waals surface area (Å²) in [7, 11) is 0. The highest BCUT2D eigenvalue weighted by Gasteiger charge is 2.21. The van der Waals surface area contributed by atoms with Crippen LogP contribution in [0.1, 0.15) is 33.3 Å². The Labute approximate surface area is 153 Å². The Kier molecular flexibility index (Phi) is 3.99. The number of amides is 1. The van der Waals surface area contributed by atoms with Crippen LogP contribution in [-0.4, -0.2) is 23.5 Å². The van der Waals surface area contributed by atoms with E-state index in [9.17, 15) is 14.0 Å². The van der Waals surface area contributed by atoms with E-state index < -0.39 is 11.7 Å². The van der Waals surface area contributed by atoms with Crippen LogP contribution in [0.2, 0.25) is 0 Å². The Morgan fingerprint density at radius 3 is 2.56 bits per heavy atom.